The third-order valence-electron chi connectivity index (χ3n) is 3.12. The molecule has 0 aliphatic heterocycles. The number of benzene rings is 1. The van der Waals surface area contributed by atoms with Gasteiger partial charge in [0, 0.05) is 19.7 Å². The summed E-state index contributed by atoms with van der Waals surface area (Å²) in [4.78, 5) is 5.99. The highest BCUT2D eigenvalue weighted by Crippen LogP contribution is 2.29. The van der Waals surface area contributed by atoms with Crippen LogP contribution in [0.15, 0.2) is 28.7 Å². The molecule has 0 saturated carbocycles. The van der Waals surface area contributed by atoms with E-state index in [1.807, 2.05) is 26.2 Å². The molecule has 0 amide bonds. The summed E-state index contributed by atoms with van der Waals surface area (Å²) in [5.74, 6) is 0.966. The molecule has 1 heterocycles. The van der Waals surface area contributed by atoms with E-state index in [0.29, 0.717) is 17.5 Å². The number of nitrogens with zero attached hydrogens (tertiary/aromatic N) is 3. The molecule has 0 N–H and O–H groups in total. The summed E-state index contributed by atoms with van der Waals surface area (Å²) in [5.41, 5.74) is 2.55. The summed E-state index contributed by atoms with van der Waals surface area (Å²) < 4.78 is 5.67. The van der Waals surface area contributed by atoms with Gasteiger partial charge in [0.15, 0.2) is 0 Å². The number of rotatable bonds is 2. The smallest absolute Gasteiger partial charge is 0.234 e. The van der Waals surface area contributed by atoms with E-state index in [9.17, 15) is 0 Å². The molecular formula is C16H19N3O. The number of nitriles is 1. The monoisotopic (exact) mass is 269 g/mol. The minimum absolute atomic E-state index is 0.113. The third-order valence-corrected chi connectivity index (χ3v) is 3.12. The summed E-state index contributed by atoms with van der Waals surface area (Å²) in [7, 11) is 3.65. The number of anilines is 1. The zero-order chi connectivity index (χ0) is 14.9. The van der Waals surface area contributed by atoms with E-state index in [1.165, 1.54) is 5.56 Å². The van der Waals surface area contributed by atoms with Gasteiger partial charge in [0.05, 0.1) is 0 Å². The van der Waals surface area contributed by atoms with Crippen LogP contribution in [-0.4, -0.2) is 19.1 Å². The zero-order valence-electron chi connectivity index (χ0n) is 12.6. The molecule has 0 unspecified atom stereocenters. The van der Waals surface area contributed by atoms with Gasteiger partial charge < -0.3 is 9.32 Å². The predicted octanol–water partition coefficient (Wildman–Crippen LogP) is 3.58. The summed E-state index contributed by atoms with van der Waals surface area (Å²) in [5, 5.41) is 9.08. The van der Waals surface area contributed by atoms with Crippen molar-refractivity contribution in [1.82, 2.24) is 4.98 Å². The highest BCUT2D eigenvalue weighted by Gasteiger charge is 2.17. The van der Waals surface area contributed by atoms with Crippen LogP contribution >= 0.6 is 0 Å². The normalized spacial score (nSPS) is 11.2. The van der Waals surface area contributed by atoms with Gasteiger partial charge in [-0.15, -0.1) is 0 Å². The Morgan fingerprint density at radius 3 is 2.15 bits per heavy atom. The maximum atomic E-state index is 9.08. The fourth-order valence-electron chi connectivity index (χ4n) is 1.92. The molecular weight excluding hydrogens is 250 g/mol. The van der Waals surface area contributed by atoms with Crippen molar-refractivity contribution in [2.45, 2.75) is 26.2 Å². The van der Waals surface area contributed by atoms with E-state index >= 15 is 0 Å². The molecule has 0 radical (unpaired) electrons. The van der Waals surface area contributed by atoms with E-state index in [-0.39, 0.29) is 5.41 Å². The highest BCUT2D eigenvalue weighted by atomic mass is 16.4. The lowest BCUT2D eigenvalue weighted by Crippen LogP contribution is -2.10. The SMILES string of the molecule is CN(C)c1oc(-c2ccc(C(C)(C)C)cc2)nc1C#N. The molecule has 2 aromatic rings. The molecule has 20 heavy (non-hydrogen) atoms. The Morgan fingerprint density at radius 2 is 1.75 bits per heavy atom. The van der Waals surface area contributed by atoms with Crippen molar-refractivity contribution in [1.29, 1.82) is 5.26 Å². The quantitative estimate of drug-likeness (QED) is 0.836. The van der Waals surface area contributed by atoms with Crippen molar-refractivity contribution >= 4 is 5.88 Å². The standard InChI is InChI=1S/C16H19N3O/c1-16(2,3)12-8-6-11(7-9-12)14-18-13(10-17)15(20-14)19(4)5/h6-9H,1-5H3. The Kier molecular flexibility index (Phi) is 3.54. The van der Waals surface area contributed by atoms with Crippen LogP contribution in [-0.2, 0) is 5.41 Å². The van der Waals surface area contributed by atoms with Crippen LogP contribution in [0.25, 0.3) is 11.5 Å². The average Bonchev–Trinajstić information content (AvgIpc) is 2.82. The van der Waals surface area contributed by atoms with Crippen molar-refractivity contribution in [3.63, 3.8) is 0 Å². The average molecular weight is 269 g/mol. The second-order valence-corrected chi connectivity index (χ2v) is 6.01. The van der Waals surface area contributed by atoms with Crippen LogP contribution < -0.4 is 4.90 Å². The fourth-order valence-corrected chi connectivity index (χ4v) is 1.92. The Bertz CT molecular complexity index is 640. The van der Waals surface area contributed by atoms with Gasteiger partial charge in [0.1, 0.15) is 6.07 Å². The lowest BCUT2D eigenvalue weighted by atomic mass is 9.87. The minimum Gasteiger partial charge on any atom is -0.419 e. The van der Waals surface area contributed by atoms with E-state index in [0.717, 1.165) is 5.56 Å². The molecule has 0 aliphatic rings. The van der Waals surface area contributed by atoms with Crippen molar-refractivity contribution < 1.29 is 4.42 Å². The first kappa shape index (κ1) is 14.1. The lowest BCUT2D eigenvalue weighted by molar-refractivity contribution is 0.570. The molecule has 0 atom stereocenters. The van der Waals surface area contributed by atoms with E-state index in [4.69, 9.17) is 9.68 Å². The van der Waals surface area contributed by atoms with Crippen LogP contribution in [0.1, 0.15) is 32.0 Å². The Balaban J connectivity index is 2.40. The van der Waals surface area contributed by atoms with E-state index in [1.54, 1.807) is 4.90 Å². The van der Waals surface area contributed by atoms with Crippen molar-refractivity contribution in [3.05, 3.63) is 35.5 Å². The summed E-state index contributed by atoms with van der Waals surface area (Å²) >= 11 is 0. The van der Waals surface area contributed by atoms with Crippen LogP contribution in [0.4, 0.5) is 5.88 Å². The number of aromatic nitrogens is 1. The van der Waals surface area contributed by atoms with Gasteiger partial charge in [0.25, 0.3) is 0 Å². The summed E-state index contributed by atoms with van der Waals surface area (Å²) in [6, 6.07) is 10.2. The van der Waals surface area contributed by atoms with Gasteiger partial charge in [0.2, 0.25) is 17.5 Å². The zero-order valence-corrected chi connectivity index (χ0v) is 12.6. The van der Waals surface area contributed by atoms with Gasteiger partial charge in [-0.25, -0.2) is 0 Å². The molecule has 104 valence electrons. The first-order valence-electron chi connectivity index (χ1n) is 6.52. The first-order valence-corrected chi connectivity index (χ1v) is 6.52. The molecule has 0 saturated heterocycles. The van der Waals surface area contributed by atoms with Gasteiger partial charge >= 0.3 is 0 Å². The van der Waals surface area contributed by atoms with Crippen LogP contribution in [0, 0.1) is 11.3 Å². The van der Waals surface area contributed by atoms with Gasteiger partial charge in [-0.05, 0) is 23.1 Å². The highest BCUT2D eigenvalue weighted by molar-refractivity contribution is 5.59. The van der Waals surface area contributed by atoms with Gasteiger partial charge in [-0.3, -0.25) is 0 Å². The lowest BCUT2D eigenvalue weighted by Gasteiger charge is -2.18. The fraction of sp³-hybridized carbons (Fsp3) is 0.375. The third kappa shape index (κ3) is 2.67. The molecule has 0 spiro atoms. The van der Waals surface area contributed by atoms with Crippen LogP contribution in [0.5, 0.6) is 0 Å². The van der Waals surface area contributed by atoms with Crippen molar-refractivity contribution in [2.75, 3.05) is 19.0 Å². The number of hydrogen-bond acceptors (Lipinski definition) is 4. The predicted molar refractivity (Wildman–Crippen MR) is 79.7 cm³/mol. The molecule has 1 aromatic heterocycles. The Labute approximate surface area is 119 Å². The van der Waals surface area contributed by atoms with Gasteiger partial charge in [-0.1, -0.05) is 32.9 Å². The van der Waals surface area contributed by atoms with Crippen LogP contribution in [0.3, 0.4) is 0 Å². The molecule has 1 aromatic carbocycles. The maximum Gasteiger partial charge on any atom is 0.234 e. The molecule has 2 rings (SSSR count). The minimum atomic E-state index is 0.113. The molecule has 4 heteroatoms. The number of hydrogen-bond donors (Lipinski definition) is 0. The maximum absolute atomic E-state index is 9.08. The number of oxazole rings is 1. The van der Waals surface area contributed by atoms with Crippen molar-refractivity contribution in [2.24, 2.45) is 0 Å². The second kappa shape index (κ2) is 5.01. The summed E-state index contributed by atoms with van der Waals surface area (Å²) in [6.07, 6.45) is 0. The molecule has 0 bridgehead atoms. The molecule has 0 aliphatic carbocycles. The molecule has 0 fully saturated rings. The first-order chi connectivity index (χ1) is 9.32. The topological polar surface area (TPSA) is 53.1 Å². The largest absolute Gasteiger partial charge is 0.419 e. The van der Waals surface area contributed by atoms with Gasteiger partial charge in [-0.2, -0.15) is 10.2 Å². The Morgan fingerprint density at radius 1 is 1.15 bits per heavy atom. The van der Waals surface area contributed by atoms with E-state index < -0.39 is 0 Å². The molecule has 4 nitrogen and oxygen atoms in total. The van der Waals surface area contributed by atoms with Crippen molar-refractivity contribution in [3.8, 4) is 17.5 Å². The Hall–Kier alpha value is -2.28. The summed E-state index contributed by atoms with van der Waals surface area (Å²) in [6.45, 7) is 6.52. The van der Waals surface area contributed by atoms with Crippen LogP contribution in [0.2, 0.25) is 0 Å². The second-order valence-electron chi connectivity index (χ2n) is 6.01. The van der Waals surface area contributed by atoms with E-state index in [2.05, 4.69) is 44.0 Å².